The maximum Gasteiger partial charge on any atom is 0.119 e. The first-order valence-corrected chi connectivity index (χ1v) is 9.35. The molecule has 0 aromatic heterocycles. The molecule has 0 saturated carbocycles. The molecule has 0 aliphatic rings. The maximum absolute atomic E-state index is 10.4. The Kier molecular flexibility index (Phi) is 8.52. The van der Waals surface area contributed by atoms with Gasteiger partial charge in [-0.05, 0) is 42.7 Å². The van der Waals surface area contributed by atoms with Crippen molar-refractivity contribution in [2.24, 2.45) is 0 Å². The lowest BCUT2D eigenvalue weighted by atomic mass is 10.0. The minimum absolute atomic E-state index is 0. The lowest BCUT2D eigenvalue weighted by Crippen LogP contribution is -2.31. The number of nitrogens with one attached hydrogen (secondary N) is 1. The Morgan fingerprint density at radius 1 is 0.857 bits per heavy atom. The highest BCUT2D eigenvalue weighted by molar-refractivity contribution is 5.85. The Labute approximate surface area is 173 Å². The number of rotatable bonds is 8. The first kappa shape index (κ1) is 22.0. The zero-order valence-electron chi connectivity index (χ0n) is 16.3. The standard InChI is InChI=1S/C24H27NO2.ClH/c1-18-8-10-21(11-9-18)17-27-23-14-12-20(13-15-23)16-25-19(2)24(26)22-6-4-3-5-7-22;/h3-15,19,24-26H,16-17H2,1-2H3;1H. The average Bonchev–Trinajstić information content (AvgIpc) is 2.72. The van der Waals surface area contributed by atoms with Gasteiger partial charge >= 0.3 is 0 Å². The number of ether oxygens (including phenoxy) is 1. The summed E-state index contributed by atoms with van der Waals surface area (Å²) in [6.45, 7) is 5.34. The van der Waals surface area contributed by atoms with E-state index in [1.54, 1.807) is 0 Å². The van der Waals surface area contributed by atoms with Gasteiger partial charge < -0.3 is 15.2 Å². The Morgan fingerprint density at radius 3 is 2.11 bits per heavy atom. The van der Waals surface area contributed by atoms with Gasteiger partial charge in [-0.2, -0.15) is 0 Å². The molecule has 2 unspecified atom stereocenters. The van der Waals surface area contributed by atoms with E-state index in [1.807, 2.05) is 49.4 Å². The van der Waals surface area contributed by atoms with Gasteiger partial charge in [-0.15, -0.1) is 12.4 Å². The van der Waals surface area contributed by atoms with E-state index in [0.717, 1.165) is 22.4 Å². The fraction of sp³-hybridized carbons (Fsp3) is 0.250. The highest BCUT2D eigenvalue weighted by Crippen LogP contribution is 2.18. The monoisotopic (exact) mass is 397 g/mol. The Balaban J connectivity index is 0.00000280. The van der Waals surface area contributed by atoms with Crippen LogP contribution in [0.2, 0.25) is 0 Å². The molecule has 2 atom stereocenters. The molecule has 3 nitrogen and oxygen atoms in total. The average molecular weight is 398 g/mol. The maximum atomic E-state index is 10.4. The van der Waals surface area contributed by atoms with Crippen LogP contribution in [0.15, 0.2) is 78.9 Å². The predicted molar refractivity (Wildman–Crippen MR) is 117 cm³/mol. The Morgan fingerprint density at radius 2 is 1.46 bits per heavy atom. The summed E-state index contributed by atoms with van der Waals surface area (Å²) in [7, 11) is 0. The number of hydrogen-bond acceptors (Lipinski definition) is 3. The molecule has 0 amide bonds. The second-order valence-corrected chi connectivity index (χ2v) is 6.94. The third-order valence-electron chi connectivity index (χ3n) is 4.69. The van der Waals surface area contributed by atoms with Crippen LogP contribution in [0.5, 0.6) is 5.75 Å². The molecule has 3 aromatic rings. The molecular weight excluding hydrogens is 370 g/mol. The highest BCUT2D eigenvalue weighted by atomic mass is 35.5. The first-order valence-electron chi connectivity index (χ1n) is 9.35. The molecule has 0 fully saturated rings. The summed E-state index contributed by atoms with van der Waals surface area (Å²) in [5.41, 5.74) is 4.50. The lowest BCUT2D eigenvalue weighted by molar-refractivity contribution is 0.135. The zero-order chi connectivity index (χ0) is 19.1. The van der Waals surface area contributed by atoms with Crippen molar-refractivity contribution in [3.8, 4) is 5.75 Å². The van der Waals surface area contributed by atoms with Crippen LogP contribution >= 0.6 is 12.4 Å². The van der Waals surface area contributed by atoms with Crippen molar-refractivity contribution in [3.05, 3.63) is 101 Å². The summed E-state index contributed by atoms with van der Waals surface area (Å²) in [6, 6.07) is 26.2. The summed E-state index contributed by atoms with van der Waals surface area (Å²) in [5.74, 6) is 0.858. The Hall–Kier alpha value is -2.33. The van der Waals surface area contributed by atoms with E-state index < -0.39 is 6.10 Å². The molecule has 4 heteroatoms. The molecule has 2 N–H and O–H groups in total. The lowest BCUT2D eigenvalue weighted by Gasteiger charge is -2.20. The van der Waals surface area contributed by atoms with Gasteiger partial charge in [0.05, 0.1) is 6.10 Å². The number of aryl methyl sites for hydroxylation is 1. The minimum atomic E-state index is -0.525. The second kappa shape index (κ2) is 10.9. The zero-order valence-corrected chi connectivity index (χ0v) is 17.2. The van der Waals surface area contributed by atoms with Crippen LogP contribution in [-0.2, 0) is 13.2 Å². The van der Waals surface area contributed by atoms with E-state index in [9.17, 15) is 5.11 Å². The molecule has 148 valence electrons. The van der Waals surface area contributed by atoms with Crippen molar-refractivity contribution in [2.75, 3.05) is 0 Å². The SMILES string of the molecule is Cc1ccc(COc2ccc(CNC(C)C(O)c3ccccc3)cc2)cc1.Cl. The third-order valence-corrected chi connectivity index (χ3v) is 4.69. The van der Waals surface area contributed by atoms with E-state index in [2.05, 4.69) is 48.6 Å². The van der Waals surface area contributed by atoms with Crippen molar-refractivity contribution in [1.82, 2.24) is 5.32 Å². The number of aliphatic hydroxyl groups excluding tert-OH is 1. The highest BCUT2D eigenvalue weighted by Gasteiger charge is 2.15. The van der Waals surface area contributed by atoms with Crippen LogP contribution in [0, 0.1) is 6.92 Å². The first-order chi connectivity index (χ1) is 13.1. The van der Waals surface area contributed by atoms with Gasteiger partial charge in [0, 0.05) is 12.6 Å². The summed E-state index contributed by atoms with van der Waals surface area (Å²) < 4.78 is 5.85. The third kappa shape index (κ3) is 6.38. The van der Waals surface area contributed by atoms with Crippen molar-refractivity contribution in [2.45, 2.75) is 39.1 Å². The van der Waals surface area contributed by atoms with E-state index in [-0.39, 0.29) is 18.4 Å². The number of benzene rings is 3. The summed E-state index contributed by atoms with van der Waals surface area (Å²) in [5, 5.41) is 13.8. The van der Waals surface area contributed by atoms with Gasteiger partial charge in [0.15, 0.2) is 0 Å². The molecule has 3 rings (SSSR count). The topological polar surface area (TPSA) is 41.5 Å². The van der Waals surface area contributed by atoms with Crippen molar-refractivity contribution >= 4 is 12.4 Å². The van der Waals surface area contributed by atoms with Crippen molar-refractivity contribution in [1.29, 1.82) is 0 Å². The predicted octanol–water partition coefficient (Wildman–Crippen LogP) is 5.21. The molecule has 3 aromatic carbocycles. The van der Waals surface area contributed by atoms with Gasteiger partial charge in [0.25, 0.3) is 0 Å². The van der Waals surface area contributed by atoms with Gasteiger partial charge in [0.2, 0.25) is 0 Å². The summed E-state index contributed by atoms with van der Waals surface area (Å²) in [4.78, 5) is 0. The molecule has 0 bridgehead atoms. The normalized spacial score (nSPS) is 12.7. The van der Waals surface area contributed by atoms with E-state index >= 15 is 0 Å². The second-order valence-electron chi connectivity index (χ2n) is 6.94. The molecule has 0 saturated heterocycles. The molecule has 0 aliphatic heterocycles. The van der Waals surface area contributed by atoms with Crippen LogP contribution in [0.3, 0.4) is 0 Å². The van der Waals surface area contributed by atoms with Crippen LogP contribution in [0.1, 0.15) is 35.3 Å². The van der Waals surface area contributed by atoms with E-state index in [0.29, 0.717) is 13.2 Å². The molecule has 0 spiro atoms. The summed E-state index contributed by atoms with van der Waals surface area (Å²) in [6.07, 6.45) is -0.525. The molecule has 0 aliphatic carbocycles. The smallest absolute Gasteiger partial charge is 0.119 e. The van der Waals surface area contributed by atoms with E-state index in [1.165, 1.54) is 5.56 Å². The molecule has 28 heavy (non-hydrogen) atoms. The van der Waals surface area contributed by atoms with Gasteiger partial charge in [0.1, 0.15) is 12.4 Å². The summed E-state index contributed by atoms with van der Waals surface area (Å²) >= 11 is 0. The molecule has 0 heterocycles. The largest absolute Gasteiger partial charge is 0.489 e. The van der Waals surface area contributed by atoms with Gasteiger partial charge in [-0.3, -0.25) is 0 Å². The number of hydrogen-bond donors (Lipinski definition) is 2. The van der Waals surface area contributed by atoms with Crippen LogP contribution in [0.25, 0.3) is 0 Å². The minimum Gasteiger partial charge on any atom is -0.489 e. The number of halogens is 1. The van der Waals surface area contributed by atoms with Crippen LogP contribution in [0.4, 0.5) is 0 Å². The van der Waals surface area contributed by atoms with Crippen LogP contribution in [-0.4, -0.2) is 11.1 Å². The van der Waals surface area contributed by atoms with Crippen molar-refractivity contribution < 1.29 is 9.84 Å². The van der Waals surface area contributed by atoms with Gasteiger partial charge in [-0.1, -0.05) is 72.3 Å². The Bertz CT molecular complexity index is 819. The van der Waals surface area contributed by atoms with E-state index in [4.69, 9.17) is 4.74 Å². The van der Waals surface area contributed by atoms with Crippen LogP contribution < -0.4 is 10.1 Å². The van der Waals surface area contributed by atoms with Crippen molar-refractivity contribution in [3.63, 3.8) is 0 Å². The fourth-order valence-electron chi connectivity index (χ4n) is 2.88. The fourth-order valence-corrected chi connectivity index (χ4v) is 2.88. The quantitative estimate of drug-likeness (QED) is 0.548. The molecule has 0 radical (unpaired) electrons. The molecular formula is C24H28ClNO2. The van der Waals surface area contributed by atoms with Gasteiger partial charge in [-0.25, -0.2) is 0 Å². The number of aliphatic hydroxyl groups is 1.